The Morgan fingerprint density at radius 2 is 1.83 bits per heavy atom. The van der Waals surface area contributed by atoms with Crippen molar-refractivity contribution in [3.05, 3.63) is 11.6 Å². The van der Waals surface area contributed by atoms with Crippen LogP contribution in [0.4, 0.5) is 0 Å². The normalized spacial score (nSPS) is 53.6. The largest absolute Gasteiger partial charge is 0.393 e. The lowest BCUT2D eigenvalue weighted by atomic mass is 9.47. The Morgan fingerprint density at radius 1 is 1.12 bits per heavy atom. The molecule has 0 amide bonds. The van der Waals surface area contributed by atoms with Crippen LogP contribution in [0.15, 0.2) is 11.6 Å². The molecule has 3 saturated carbocycles. The van der Waals surface area contributed by atoms with Crippen LogP contribution in [-0.4, -0.2) is 27.7 Å². The summed E-state index contributed by atoms with van der Waals surface area (Å²) in [5.41, 5.74) is 0.331. The predicted octanol–water partition coefficient (Wildman–Crippen LogP) is 3.63. The highest BCUT2D eigenvalue weighted by atomic mass is 16.3. The zero-order chi connectivity index (χ0) is 17.3. The van der Waals surface area contributed by atoms with Crippen molar-refractivity contribution in [3.8, 4) is 0 Å². The van der Waals surface area contributed by atoms with E-state index in [4.69, 9.17) is 0 Å². The Balaban J connectivity index is 1.69. The van der Waals surface area contributed by atoms with E-state index in [2.05, 4.69) is 19.9 Å². The lowest BCUT2D eigenvalue weighted by Gasteiger charge is -2.58. The Morgan fingerprint density at radius 3 is 2.54 bits per heavy atom. The molecule has 0 aromatic heterocycles. The number of hydrogen-bond donors (Lipinski definition) is 2. The van der Waals surface area contributed by atoms with E-state index in [-0.39, 0.29) is 22.7 Å². The molecule has 0 aromatic carbocycles. The van der Waals surface area contributed by atoms with Crippen molar-refractivity contribution in [2.24, 2.45) is 28.6 Å². The van der Waals surface area contributed by atoms with Crippen LogP contribution in [0, 0.1) is 28.6 Å². The number of aliphatic hydroxyl groups excluding tert-OH is 1. The minimum absolute atomic E-state index is 0.0370. The minimum Gasteiger partial charge on any atom is -0.393 e. The third-order valence-corrected chi connectivity index (χ3v) is 8.81. The van der Waals surface area contributed by atoms with Crippen LogP contribution >= 0.6 is 0 Å². The van der Waals surface area contributed by atoms with E-state index in [1.165, 1.54) is 5.57 Å². The number of rotatable bonds is 1. The molecule has 3 fully saturated rings. The maximum absolute atomic E-state index is 12.2. The fourth-order valence-corrected chi connectivity index (χ4v) is 7.24. The van der Waals surface area contributed by atoms with Crippen molar-refractivity contribution in [3.63, 3.8) is 0 Å². The molecule has 0 aromatic rings. The molecule has 7 atom stereocenters. The molecule has 3 nitrogen and oxygen atoms in total. The van der Waals surface area contributed by atoms with Crippen molar-refractivity contribution in [2.45, 2.75) is 83.8 Å². The number of Topliss-reactive ketones (excluding diaryl/α,β-unsaturated/α-hetero) is 1. The van der Waals surface area contributed by atoms with Crippen LogP contribution in [-0.2, 0) is 4.79 Å². The SMILES string of the molecule is CC(=O)[C@]1(O)CCC2C3CC=C4C[C@@H](O)CC[C@]4(C)C3CC[C@@]21C. The van der Waals surface area contributed by atoms with Gasteiger partial charge in [-0.2, -0.15) is 0 Å². The average Bonchev–Trinajstić information content (AvgIpc) is 2.81. The molecule has 134 valence electrons. The summed E-state index contributed by atoms with van der Waals surface area (Å²) in [6, 6.07) is 0. The molecule has 4 aliphatic rings. The highest BCUT2D eigenvalue weighted by Crippen LogP contribution is 2.67. The van der Waals surface area contributed by atoms with Gasteiger partial charge in [0.1, 0.15) is 5.60 Å². The standard InChI is InChI=1S/C21H32O3/c1-13(22)21(24)11-8-18-16-5-4-14-12-15(23)6-9-19(14,2)17(16)7-10-20(18,21)3/h4,15-18,23-24H,5-12H2,1-3H3/t15-,16?,17?,18?,19-,20-,21+/m0/s1. The zero-order valence-corrected chi connectivity index (χ0v) is 15.3. The number of aliphatic hydroxyl groups is 2. The predicted molar refractivity (Wildman–Crippen MR) is 93.3 cm³/mol. The number of carbonyl (C=O) groups excluding carboxylic acids is 1. The lowest BCUT2D eigenvalue weighted by molar-refractivity contribution is -0.159. The van der Waals surface area contributed by atoms with E-state index >= 15 is 0 Å². The van der Waals surface area contributed by atoms with E-state index in [0.717, 1.165) is 44.9 Å². The van der Waals surface area contributed by atoms with Crippen LogP contribution in [0.5, 0.6) is 0 Å². The lowest BCUT2D eigenvalue weighted by Crippen LogP contribution is -2.56. The Labute approximate surface area is 145 Å². The summed E-state index contributed by atoms with van der Waals surface area (Å²) in [7, 11) is 0. The monoisotopic (exact) mass is 332 g/mol. The first-order valence-electron chi connectivity index (χ1n) is 9.83. The highest BCUT2D eigenvalue weighted by Gasteiger charge is 2.65. The summed E-state index contributed by atoms with van der Waals surface area (Å²) in [5, 5.41) is 21.2. The molecule has 0 aliphatic heterocycles. The molecular weight excluding hydrogens is 300 g/mol. The van der Waals surface area contributed by atoms with Crippen molar-refractivity contribution < 1.29 is 15.0 Å². The molecule has 0 heterocycles. The molecule has 0 saturated heterocycles. The molecule has 2 N–H and O–H groups in total. The highest BCUT2D eigenvalue weighted by molar-refractivity contribution is 5.86. The van der Waals surface area contributed by atoms with E-state index in [1.807, 2.05) is 0 Å². The van der Waals surface area contributed by atoms with Crippen LogP contribution in [0.2, 0.25) is 0 Å². The minimum atomic E-state index is -1.11. The summed E-state index contributed by atoms with van der Waals surface area (Å²) >= 11 is 0. The van der Waals surface area contributed by atoms with Gasteiger partial charge in [0, 0.05) is 5.41 Å². The van der Waals surface area contributed by atoms with Gasteiger partial charge in [0.25, 0.3) is 0 Å². The Hall–Kier alpha value is -0.670. The van der Waals surface area contributed by atoms with Gasteiger partial charge in [-0.3, -0.25) is 4.79 Å². The summed E-state index contributed by atoms with van der Waals surface area (Å²) in [6.45, 7) is 6.16. The van der Waals surface area contributed by atoms with Gasteiger partial charge in [-0.05, 0) is 81.5 Å². The molecule has 0 bridgehead atoms. The first-order chi connectivity index (χ1) is 11.2. The fourth-order valence-electron chi connectivity index (χ4n) is 7.24. The van der Waals surface area contributed by atoms with Crippen molar-refractivity contribution >= 4 is 5.78 Å². The maximum Gasteiger partial charge on any atom is 0.161 e. The molecule has 3 unspecified atom stereocenters. The maximum atomic E-state index is 12.2. The summed E-state index contributed by atoms with van der Waals surface area (Å²) in [4.78, 5) is 12.2. The first-order valence-corrected chi connectivity index (χ1v) is 9.83. The smallest absolute Gasteiger partial charge is 0.161 e. The number of fused-ring (bicyclic) bond motifs is 5. The van der Waals surface area contributed by atoms with Crippen LogP contribution < -0.4 is 0 Å². The first kappa shape index (κ1) is 16.8. The topological polar surface area (TPSA) is 57.5 Å². The van der Waals surface area contributed by atoms with Gasteiger partial charge in [0.05, 0.1) is 6.10 Å². The second-order valence-electron chi connectivity index (χ2n) is 9.57. The summed E-state index contributed by atoms with van der Waals surface area (Å²) in [6.07, 6.45) is 9.84. The Kier molecular flexibility index (Phi) is 3.61. The molecule has 3 heteroatoms. The van der Waals surface area contributed by atoms with Crippen molar-refractivity contribution in [1.29, 1.82) is 0 Å². The molecular formula is C21H32O3. The van der Waals surface area contributed by atoms with E-state index in [0.29, 0.717) is 24.2 Å². The van der Waals surface area contributed by atoms with Crippen LogP contribution in [0.25, 0.3) is 0 Å². The zero-order valence-electron chi connectivity index (χ0n) is 15.3. The second-order valence-corrected chi connectivity index (χ2v) is 9.57. The second kappa shape index (κ2) is 5.17. The van der Waals surface area contributed by atoms with Gasteiger partial charge in [0.2, 0.25) is 0 Å². The molecule has 24 heavy (non-hydrogen) atoms. The molecule has 4 aliphatic carbocycles. The van der Waals surface area contributed by atoms with Crippen LogP contribution in [0.1, 0.15) is 72.1 Å². The summed E-state index contributed by atoms with van der Waals surface area (Å²) in [5.74, 6) is 1.65. The van der Waals surface area contributed by atoms with Crippen molar-refractivity contribution in [1.82, 2.24) is 0 Å². The van der Waals surface area contributed by atoms with E-state index < -0.39 is 5.60 Å². The summed E-state index contributed by atoms with van der Waals surface area (Å²) < 4.78 is 0. The third-order valence-electron chi connectivity index (χ3n) is 8.81. The third kappa shape index (κ3) is 1.94. The van der Waals surface area contributed by atoms with Crippen LogP contribution in [0.3, 0.4) is 0 Å². The number of allylic oxidation sites excluding steroid dienone is 1. The number of carbonyl (C=O) groups is 1. The van der Waals surface area contributed by atoms with Gasteiger partial charge < -0.3 is 10.2 Å². The van der Waals surface area contributed by atoms with E-state index in [9.17, 15) is 15.0 Å². The van der Waals surface area contributed by atoms with E-state index in [1.54, 1.807) is 6.92 Å². The van der Waals surface area contributed by atoms with Gasteiger partial charge in [0.15, 0.2) is 5.78 Å². The van der Waals surface area contributed by atoms with Gasteiger partial charge in [-0.25, -0.2) is 0 Å². The average molecular weight is 332 g/mol. The number of ketones is 1. The fraction of sp³-hybridized carbons (Fsp3) is 0.857. The molecule has 0 radical (unpaired) electrons. The quantitative estimate of drug-likeness (QED) is 0.721. The van der Waals surface area contributed by atoms with Crippen molar-refractivity contribution in [2.75, 3.05) is 0 Å². The van der Waals surface area contributed by atoms with Gasteiger partial charge in [-0.1, -0.05) is 25.5 Å². The molecule has 0 spiro atoms. The van der Waals surface area contributed by atoms with Gasteiger partial charge in [-0.15, -0.1) is 0 Å². The molecule has 4 rings (SSSR count). The van der Waals surface area contributed by atoms with Gasteiger partial charge >= 0.3 is 0 Å². The number of hydrogen-bond acceptors (Lipinski definition) is 3. The Bertz CT molecular complexity index is 596.